The van der Waals surface area contributed by atoms with Gasteiger partial charge >= 0.3 is 0 Å². The summed E-state index contributed by atoms with van der Waals surface area (Å²) in [6, 6.07) is 1.32. The van der Waals surface area contributed by atoms with Crippen LogP contribution in [-0.2, 0) is 4.79 Å². The largest absolute Gasteiger partial charge is 0.394 e. The van der Waals surface area contributed by atoms with E-state index in [1.807, 2.05) is 0 Å². The lowest BCUT2D eigenvalue weighted by Gasteiger charge is -2.20. The summed E-state index contributed by atoms with van der Waals surface area (Å²) in [6.45, 7) is 0. The molecule has 4 N–H and O–H groups in total. The number of hydrogen-bond acceptors (Lipinski definition) is 3. The molecule has 0 unspecified atom stereocenters. The van der Waals surface area contributed by atoms with E-state index in [2.05, 4.69) is 10.3 Å². The van der Waals surface area contributed by atoms with Gasteiger partial charge in [0, 0.05) is 18.2 Å². The fourth-order valence-electron chi connectivity index (χ4n) is 2.15. The number of carbonyl (C=O) groups excluding carboxylic acids is 1. The number of carbonyl (C=O) groups is 1. The van der Waals surface area contributed by atoms with Crippen molar-refractivity contribution in [2.75, 3.05) is 11.1 Å². The minimum Gasteiger partial charge on any atom is -0.394 e. The van der Waals surface area contributed by atoms with Crippen molar-refractivity contribution in [3.05, 3.63) is 22.5 Å². The van der Waals surface area contributed by atoms with Crippen molar-refractivity contribution in [2.24, 2.45) is 5.92 Å². The molecular formula is C12H17N3O2. The van der Waals surface area contributed by atoms with E-state index in [0.29, 0.717) is 5.82 Å². The maximum Gasteiger partial charge on any atom is 0.228 e. The molecule has 1 aliphatic rings. The van der Waals surface area contributed by atoms with Crippen molar-refractivity contribution in [2.45, 2.75) is 32.1 Å². The number of aromatic nitrogens is 1. The van der Waals surface area contributed by atoms with Crippen molar-refractivity contribution in [3.8, 4) is 0 Å². The second-order valence-corrected chi connectivity index (χ2v) is 4.49. The summed E-state index contributed by atoms with van der Waals surface area (Å²) < 4.78 is 0. The number of H-pyrrole nitrogens is 1. The van der Waals surface area contributed by atoms with Gasteiger partial charge in [-0.25, -0.2) is 0 Å². The molecule has 1 amide bonds. The number of nitrogen functional groups attached to an aromatic ring is 1. The Kier molecular flexibility index (Phi) is 3.46. The highest BCUT2D eigenvalue weighted by Gasteiger charge is 2.21. The molecule has 1 aliphatic carbocycles. The second kappa shape index (κ2) is 5.03. The van der Waals surface area contributed by atoms with Crippen LogP contribution in [0.1, 0.15) is 32.1 Å². The summed E-state index contributed by atoms with van der Waals surface area (Å²) in [5.74, 6) is 0.481. The van der Waals surface area contributed by atoms with E-state index < -0.39 is 0 Å². The summed E-state index contributed by atoms with van der Waals surface area (Å²) in [5, 5.41) is 2.73. The summed E-state index contributed by atoms with van der Waals surface area (Å²) in [6.07, 6.45) is 6.70. The second-order valence-electron chi connectivity index (χ2n) is 4.49. The van der Waals surface area contributed by atoms with Crippen LogP contribution < -0.4 is 16.5 Å². The van der Waals surface area contributed by atoms with Gasteiger partial charge in [0.1, 0.15) is 5.82 Å². The Balaban J connectivity index is 2.02. The molecule has 1 fully saturated rings. The number of hydrogen-bond donors (Lipinski definition) is 3. The number of pyridine rings is 1. The number of amides is 1. The fraction of sp³-hybridized carbons (Fsp3) is 0.500. The van der Waals surface area contributed by atoms with Crippen molar-refractivity contribution in [1.82, 2.24) is 4.98 Å². The molecule has 0 saturated heterocycles. The number of aromatic amines is 1. The summed E-state index contributed by atoms with van der Waals surface area (Å²) >= 11 is 0. The number of anilines is 2. The molecule has 0 spiro atoms. The Bertz CT molecular complexity index is 461. The van der Waals surface area contributed by atoms with Crippen LogP contribution in [0.25, 0.3) is 0 Å². The predicted octanol–water partition coefficient (Wildman–Crippen LogP) is 1.48. The quantitative estimate of drug-likeness (QED) is 0.725. The Labute approximate surface area is 99.4 Å². The highest BCUT2D eigenvalue weighted by molar-refractivity contribution is 5.91. The molecule has 5 heteroatoms. The van der Waals surface area contributed by atoms with Crippen molar-refractivity contribution < 1.29 is 4.79 Å². The first kappa shape index (κ1) is 11.7. The zero-order valence-corrected chi connectivity index (χ0v) is 9.66. The standard InChI is InChI=1S/C12H17N3O2/c13-9-7-14-11(6-10(9)16)15-12(17)8-4-2-1-3-5-8/h6-8H,1-5,13H2,(H2,14,15,16,17). The number of rotatable bonds is 2. The lowest BCUT2D eigenvalue weighted by atomic mass is 9.89. The lowest BCUT2D eigenvalue weighted by molar-refractivity contribution is -0.120. The maximum atomic E-state index is 11.9. The Morgan fingerprint density at radius 3 is 2.71 bits per heavy atom. The predicted molar refractivity (Wildman–Crippen MR) is 66.7 cm³/mol. The van der Waals surface area contributed by atoms with Crippen LogP contribution in [0.3, 0.4) is 0 Å². The van der Waals surface area contributed by atoms with E-state index in [0.717, 1.165) is 25.7 Å². The molecule has 1 saturated carbocycles. The van der Waals surface area contributed by atoms with E-state index in [1.165, 1.54) is 18.7 Å². The molecule has 0 bridgehead atoms. The SMILES string of the molecule is Nc1c[nH]c(NC(=O)C2CCCCC2)cc1=O. The van der Waals surface area contributed by atoms with Crippen LogP contribution in [0.4, 0.5) is 11.5 Å². The van der Waals surface area contributed by atoms with Gasteiger partial charge in [-0.3, -0.25) is 9.59 Å². The zero-order chi connectivity index (χ0) is 12.3. The van der Waals surface area contributed by atoms with E-state index in [1.54, 1.807) is 0 Å². The van der Waals surface area contributed by atoms with E-state index in [4.69, 9.17) is 5.73 Å². The summed E-state index contributed by atoms with van der Waals surface area (Å²) in [4.78, 5) is 26.0. The van der Waals surface area contributed by atoms with Gasteiger partial charge in [0.25, 0.3) is 0 Å². The first-order chi connectivity index (χ1) is 8.16. The third kappa shape index (κ3) is 2.87. The fourth-order valence-corrected chi connectivity index (χ4v) is 2.15. The summed E-state index contributed by atoms with van der Waals surface area (Å²) in [7, 11) is 0. The minimum absolute atomic E-state index is 0.00915. The molecule has 1 aromatic rings. The Morgan fingerprint density at radius 1 is 1.35 bits per heavy atom. The average molecular weight is 235 g/mol. The van der Waals surface area contributed by atoms with Crippen molar-refractivity contribution in [1.29, 1.82) is 0 Å². The van der Waals surface area contributed by atoms with Gasteiger partial charge in [-0.15, -0.1) is 0 Å². The van der Waals surface area contributed by atoms with Gasteiger partial charge in [0.2, 0.25) is 11.3 Å². The Morgan fingerprint density at radius 2 is 2.06 bits per heavy atom. The topological polar surface area (TPSA) is 88.0 Å². The molecule has 0 aliphatic heterocycles. The highest BCUT2D eigenvalue weighted by atomic mass is 16.2. The van der Waals surface area contributed by atoms with Gasteiger partial charge in [0.15, 0.2) is 0 Å². The molecule has 5 nitrogen and oxygen atoms in total. The van der Waals surface area contributed by atoms with Crippen LogP contribution >= 0.6 is 0 Å². The van der Waals surface area contributed by atoms with Gasteiger partial charge < -0.3 is 16.0 Å². The van der Waals surface area contributed by atoms with Crippen LogP contribution in [0, 0.1) is 5.92 Å². The average Bonchev–Trinajstić information content (AvgIpc) is 2.35. The van der Waals surface area contributed by atoms with Crippen LogP contribution in [0.15, 0.2) is 17.1 Å². The molecule has 1 aromatic heterocycles. The smallest absolute Gasteiger partial charge is 0.228 e. The van der Waals surface area contributed by atoms with Gasteiger partial charge in [-0.05, 0) is 12.8 Å². The molecule has 0 radical (unpaired) electrons. The number of nitrogens with two attached hydrogens (primary N) is 1. The molecule has 17 heavy (non-hydrogen) atoms. The van der Waals surface area contributed by atoms with Gasteiger partial charge in [0.05, 0.1) is 5.69 Å². The summed E-state index contributed by atoms with van der Waals surface area (Å²) in [5.41, 5.74) is 5.28. The zero-order valence-electron chi connectivity index (χ0n) is 9.66. The third-order valence-electron chi connectivity index (χ3n) is 3.18. The molecule has 0 atom stereocenters. The first-order valence-corrected chi connectivity index (χ1v) is 5.96. The molecule has 1 heterocycles. The maximum absolute atomic E-state index is 11.9. The Hall–Kier alpha value is -1.78. The van der Waals surface area contributed by atoms with E-state index in [9.17, 15) is 9.59 Å². The molecular weight excluding hydrogens is 218 g/mol. The van der Waals surface area contributed by atoms with Gasteiger partial charge in [-0.1, -0.05) is 19.3 Å². The van der Waals surface area contributed by atoms with Gasteiger partial charge in [-0.2, -0.15) is 0 Å². The monoisotopic (exact) mass is 235 g/mol. The van der Waals surface area contributed by atoms with Crippen LogP contribution in [-0.4, -0.2) is 10.9 Å². The molecule has 0 aromatic carbocycles. The molecule has 2 rings (SSSR count). The van der Waals surface area contributed by atoms with E-state index in [-0.39, 0.29) is 22.9 Å². The number of nitrogens with one attached hydrogen (secondary N) is 2. The lowest BCUT2D eigenvalue weighted by Crippen LogP contribution is -2.25. The first-order valence-electron chi connectivity index (χ1n) is 5.96. The van der Waals surface area contributed by atoms with Crippen molar-refractivity contribution >= 4 is 17.4 Å². The third-order valence-corrected chi connectivity index (χ3v) is 3.18. The van der Waals surface area contributed by atoms with E-state index >= 15 is 0 Å². The van der Waals surface area contributed by atoms with Crippen molar-refractivity contribution in [3.63, 3.8) is 0 Å². The van der Waals surface area contributed by atoms with Crippen LogP contribution in [0.5, 0.6) is 0 Å². The van der Waals surface area contributed by atoms with Crippen LogP contribution in [0.2, 0.25) is 0 Å². The normalized spacial score (nSPS) is 16.7. The minimum atomic E-state index is -0.275. The molecule has 92 valence electrons. The highest BCUT2D eigenvalue weighted by Crippen LogP contribution is 2.24.